The molecule has 1 aromatic heterocycles. The molecular weight excluding hydrogens is 374 g/mol. The molecule has 2 aromatic rings. The predicted molar refractivity (Wildman–Crippen MR) is 112 cm³/mol. The molecule has 1 aliphatic rings. The Bertz CT molecular complexity index is 878. The largest absolute Gasteiger partial charge is 0.395 e. The molecule has 1 aromatic carbocycles. The number of nitrogens with zero attached hydrogens (tertiary/aromatic N) is 2. The van der Waals surface area contributed by atoms with Gasteiger partial charge in [-0.1, -0.05) is 37.2 Å². The molecule has 1 amide bonds. The number of aromatic nitrogens is 2. The van der Waals surface area contributed by atoms with Crippen molar-refractivity contribution in [3.8, 4) is 0 Å². The van der Waals surface area contributed by atoms with Crippen molar-refractivity contribution in [1.29, 1.82) is 0 Å². The van der Waals surface area contributed by atoms with E-state index in [1.54, 1.807) is 4.57 Å². The molecule has 2 N–H and O–H groups in total. The first kappa shape index (κ1) is 20.6. The van der Waals surface area contributed by atoms with E-state index in [0.717, 1.165) is 55.5 Å². The fraction of sp³-hybridized carbons (Fsp3) is 0.476. The molecule has 0 saturated heterocycles. The van der Waals surface area contributed by atoms with E-state index in [1.807, 2.05) is 24.3 Å². The molecule has 0 aliphatic heterocycles. The van der Waals surface area contributed by atoms with E-state index in [0.29, 0.717) is 5.03 Å². The van der Waals surface area contributed by atoms with Crippen LogP contribution < -0.4 is 11.0 Å². The van der Waals surface area contributed by atoms with Crippen LogP contribution in [0.1, 0.15) is 43.0 Å². The topological polar surface area (TPSA) is 84.2 Å². The van der Waals surface area contributed by atoms with Gasteiger partial charge in [0.05, 0.1) is 18.9 Å². The number of thioether (sulfide) groups is 1. The number of hydrogen-bond acceptors (Lipinski definition) is 5. The molecule has 0 unspecified atom stereocenters. The minimum atomic E-state index is -0.347. The Morgan fingerprint density at radius 2 is 2.07 bits per heavy atom. The number of hydrogen-bond donors (Lipinski definition) is 2. The summed E-state index contributed by atoms with van der Waals surface area (Å²) in [7, 11) is 0. The van der Waals surface area contributed by atoms with Crippen molar-refractivity contribution in [2.24, 2.45) is 0 Å². The molecule has 1 heterocycles. The zero-order chi connectivity index (χ0) is 19.9. The quantitative estimate of drug-likeness (QED) is 0.499. The van der Waals surface area contributed by atoms with Gasteiger partial charge in [-0.25, -0.2) is 4.79 Å². The minimum Gasteiger partial charge on any atom is -0.395 e. The summed E-state index contributed by atoms with van der Waals surface area (Å²) in [5.41, 5.74) is 3.71. The highest BCUT2D eigenvalue weighted by Crippen LogP contribution is 2.29. The maximum atomic E-state index is 12.3. The first-order valence-electron chi connectivity index (χ1n) is 9.87. The van der Waals surface area contributed by atoms with Crippen LogP contribution in [0.5, 0.6) is 0 Å². The van der Waals surface area contributed by atoms with Crippen LogP contribution in [0.2, 0.25) is 0 Å². The third-order valence-electron chi connectivity index (χ3n) is 4.92. The molecule has 7 heteroatoms. The van der Waals surface area contributed by atoms with Gasteiger partial charge in [0.25, 0.3) is 0 Å². The summed E-state index contributed by atoms with van der Waals surface area (Å²) < 4.78 is 1.56. The predicted octanol–water partition coefficient (Wildman–Crippen LogP) is 2.80. The van der Waals surface area contributed by atoms with Crippen molar-refractivity contribution in [3.63, 3.8) is 0 Å². The lowest BCUT2D eigenvalue weighted by molar-refractivity contribution is -0.113. The Morgan fingerprint density at radius 1 is 1.29 bits per heavy atom. The summed E-state index contributed by atoms with van der Waals surface area (Å²) in [6.45, 7) is 2.36. The Kier molecular flexibility index (Phi) is 7.28. The molecule has 0 radical (unpaired) electrons. The lowest BCUT2D eigenvalue weighted by Gasteiger charge is -2.13. The van der Waals surface area contributed by atoms with E-state index in [4.69, 9.17) is 0 Å². The van der Waals surface area contributed by atoms with Crippen molar-refractivity contribution in [1.82, 2.24) is 9.55 Å². The molecule has 0 fully saturated rings. The van der Waals surface area contributed by atoms with Crippen molar-refractivity contribution in [3.05, 3.63) is 51.6 Å². The second-order valence-corrected chi connectivity index (χ2v) is 7.95. The SMILES string of the molecule is CCCCc1ccc(NC(=O)CSc2nc(=O)n(CCO)c3c2CCC3)cc1. The average molecular weight is 402 g/mol. The van der Waals surface area contributed by atoms with E-state index >= 15 is 0 Å². The third kappa shape index (κ3) is 5.02. The number of anilines is 1. The van der Waals surface area contributed by atoms with Crippen molar-refractivity contribution < 1.29 is 9.90 Å². The Hall–Kier alpha value is -2.12. The zero-order valence-corrected chi connectivity index (χ0v) is 17.1. The Morgan fingerprint density at radius 3 is 2.79 bits per heavy atom. The Labute approximate surface area is 169 Å². The number of nitrogens with one attached hydrogen (secondary N) is 1. The number of carbonyl (C=O) groups excluding carboxylic acids is 1. The van der Waals surface area contributed by atoms with Crippen LogP contribution in [0.3, 0.4) is 0 Å². The second kappa shape index (κ2) is 9.89. The Balaban J connectivity index is 1.61. The normalized spacial score (nSPS) is 12.8. The fourth-order valence-electron chi connectivity index (χ4n) is 3.50. The van der Waals surface area contributed by atoms with Gasteiger partial charge in [-0.15, -0.1) is 0 Å². The van der Waals surface area contributed by atoms with Gasteiger partial charge in [-0.3, -0.25) is 9.36 Å². The van der Waals surface area contributed by atoms with Gasteiger partial charge in [0.1, 0.15) is 5.03 Å². The number of aliphatic hydroxyl groups excluding tert-OH is 1. The first-order chi connectivity index (χ1) is 13.6. The van der Waals surface area contributed by atoms with E-state index in [1.165, 1.54) is 17.3 Å². The van der Waals surface area contributed by atoms with E-state index in [-0.39, 0.29) is 30.5 Å². The van der Waals surface area contributed by atoms with Crippen LogP contribution in [0.15, 0.2) is 34.1 Å². The van der Waals surface area contributed by atoms with Gasteiger partial charge in [0.15, 0.2) is 0 Å². The number of unbranched alkanes of at least 4 members (excludes halogenated alkanes) is 1. The monoisotopic (exact) mass is 401 g/mol. The number of aryl methyl sites for hydroxylation is 1. The molecule has 0 saturated carbocycles. The maximum absolute atomic E-state index is 12.3. The number of fused-ring (bicyclic) bond motifs is 1. The van der Waals surface area contributed by atoms with E-state index in [2.05, 4.69) is 17.2 Å². The van der Waals surface area contributed by atoms with Crippen molar-refractivity contribution >= 4 is 23.4 Å². The van der Waals surface area contributed by atoms with Gasteiger partial charge in [-0.05, 0) is 49.8 Å². The summed E-state index contributed by atoms with van der Waals surface area (Å²) in [6.07, 6.45) is 6.03. The molecule has 0 atom stereocenters. The van der Waals surface area contributed by atoms with Crippen LogP contribution in [0.25, 0.3) is 0 Å². The molecule has 3 rings (SSSR count). The molecule has 28 heavy (non-hydrogen) atoms. The van der Waals surface area contributed by atoms with Crippen LogP contribution in [-0.4, -0.2) is 32.9 Å². The number of amides is 1. The number of benzene rings is 1. The van der Waals surface area contributed by atoms with Crippen molar-refractivity contribution in [2.45, 2.75) is 57.0 Å². The van der Waals surface area contributed by atoms with E-state index in [9.17, 15) is 14.7 Å². The highest BCUT2D eigenvalue weighted by Gasteiger charge is 2.22. The molecule has 150 valence electrons. The van der Waals surface area contributed by atoms with Gasteiger partial charge in [-0.2, -0.15) is 4.98 Å². The summed E-state index contributed by atoms with van der Waals surface area (Å²) in [5.74, 6) is 0.0971. The molecule has 1 aliphatic carbocycles. The first-order valence-corrected chi connectivity index (χ1v) is 10.9. The standard InChI is InChI=1S/C21H27N3O3S/c1-2-3-5-15-8-10-16(11-9-15)22-19(26)14-28-20-17-6-4-7-18(17)24(12-13-25)21(27)23-20/h8-11,25H,2-7,12-14H2,1H3,(H,22,26). The van der Waals surface area contributed by atoms with Gasteiger partial charge in [0.2, 0.25) is 5.91 Å². The summed E-state index contributed by atoms with van der Waals surface area (Å²) in [5, 5.41) is 12.7. The minimum absolute atomic E-state index is 0.0832. The third-order valence-corrected chi connectivity index (χ3v) is 5.94. The summed E-state index contributed by atoms with van der Waals surface area (Å²) in [6, 6.07) is 7.96. The van der Waals surface area contributed by atoms with E-state index < -0.39 is 0 Å². The fourth-order valence-corrected chi connectivity index (χ4v) is 4.38. The second-order valence-electron chi connectivity index (χ2n) is 6.99. The molecule has 0 spiro atoms. The average Bonchev–Trinajstić information content (AvgIpc) is 3.18. The highest BCUT2D eigenvalue weighted by molar-refractivity contribution is 8.00. The lowest BCUT2D eigenvalue weighted by Crippen LogP contribution is -2.28. The molecule has 6 nitrogen and oxygen atoms in total. The zero-order valence-electron chi connectivity index (χ0n) is 16.2. The molecular formula is C21H27N3O3S. The van der Waals surface area contributed by atoms with Crippen LogP contribution >= 0.6 is 11.8 Å². The smallest absolute Gasteiger partial charge is 0.348 e. The van der Waals surface area contributed by atoms with Crippen LogP contribution in [0.4, 0.5) is 5.69 Å². The van der Waals surface area contributed by atoms with Gasteiger partial charge in [0, 0.05) is 16.9 Å². The molecule has 0 bridgehead atoms. The van der Waals surface area contributed by atoms with Crippen LogP contribution in [-0.2, 0) is 30.6 Å². The summed E-state index contributed by atoms with van der Waals surface area (Å²) >= 11 is 1.31. The van der Waals surface area contributed by atoms with Gasteiger partial charge < -0.3 is 10.4 Å². The van der Waals surface area contributed by atoms with Crippen LogP contribution in [0, 0.1) is 0 Å². The van der Waals surface area contributed by atoms with Gasteiger partial charge >= 0.3 is 5.69 Å². The number of rotatable bonds is 9. The maximum Gasteiger partial charge on any atom is 0.348 e. The lowest BCUT2D eigenvalue weighted by atomic mass is 10.1. The van der Waals surface area contributed by atoms with Crippen molar-refractivity contribution in [2.75, 3.05) is 17.7 Å². The highest BCUT2D eigenvalue weighted by atomic mass is 32.2. The summed E-state index contributed by atoms with van der Waals surface area (Å²) in [4.78, 5) is 28.7. The number of aliphatic hydroxyl groups is 1. The number of carbonyl (C=O) groups is 1.